The van der Waals surface area contributed by atoms with Crippen molar-refractivity contribution < 1.29 is 20.4 Å². The molecule has 5 aliphatic rings. The van der Waals surface area contributed by atoms with E-state index in [1.165, 1.54) is 12.1 Å². The summed E-state index contributed by atoms with van der Waals surface area (Å²) in [5.41, 5.74) is 8.71. The lowest BCUT2D eigenvalue weighted by Gasteiger charge is -2.18. The maximum atomic E-state index is 11.1. The first-order chi connectivity index (χ1) is 27.0. The van der Waals surface area contributed by atoms with Crippen molar-refractivity contribution in [1.29, 1.82) is 0 Å². The highest BCUT2D eigenvalue weighted by Crippen LogP contribution is 2.48. The van der Waals surface area contributed by atoms with Gasteiger partial charge in [0.1, 0.15) is 23.0 Å². The minimum atomic E-state index is -0.182. The molecule has 0 atom stereocenters. The summed E-state index contributed by atoms with van der Waals surface area (Å²) in [5, 5.41) is 44.4. The van der Waals surface area contributed by atoms with Crippen LogP contribution in [0.4, 0.5) is 0 Å². The predicted octanol–water partition coefficient (Wildman–Crippen LogP) is 11.1. The molecule has 9 rings (SSSR count). The zero-order valence-corrected chi connectivity index (χ0v) is 31.7. The third-order valence-electron chi connectivity index (χ3n) is 9.44. The number of aliphatic imine (C=N–C) groups is 4. The molecule has 0 amide bonds. The lowest BCUT2D eigenvalue weighted by molar-refractivity contribution is 0.475. The summed E-state index contributed by atoms with van der Waals surface area (Å²) in [6, 6.07) is 19.5. The lowest BCUT2D eigenvalue weighted by atomic mass is 9.85. The molecule has 0 fully saturated rings. The van der Waals surface area contributed by atoms with Crippen LogP contribution in [0.2, 0.25) is 20.1 Å². The maximum absolute atomic E-state index is 11.1. The number of benzene rings is 4. The van der Waals surface area contributed by atoms with E-state index in [1.807, 2.05) is 48.6 Å². The number of nitrogens with zero attached hydrogens (tertiary/aromatic N) is 4. The second kappa shape index (κ2) is 13.8. The number of phenolic OH excluding ortho intramolecular Hbond substituents is 4. The quantitative estimate of drug-likeness (QED) is 0.163. The van der Waals surface area contributed by atoms with Gasteiger partial charge in [-0.1, -0.05) is 70.7 Å². The molecule has 8 bridgehead atoms. The van der Waals surface area contributed by atoms with Crippen LogP contribution in [0.1, 0.15) is 22.3 Å². The number of hydrogen-bond acceptors (Lipinski definition) is 8. The SMILES string of the molecule is Oc1cc(C2=CC3=CC4=NC(=CC5=NC(=CC6=NC(=C(c7ccc(Cl)c(O)c7)C2=N3)C(c2ccc(Cl)c(O)c2)=C6c2ccc(Cl)c(O)c2)C=C5)C=C4)ccc1Cl. The third-order valence-corrected chi connectivity index (χ3v) is 10.7. The molecule has 0 saturated heterocycles. The fourth-order valence-corrected chi connectivity index (χ4v) is 7.35. The maximum Gasteiger partial charge on any atom is 0.134 e. The Morgan fingerprint density at radius 3 is 1.38 bits per heavy atom. The number of rotatable bonds is 4. The molecule has 272 valence electrons. The predicted molar refractivity (Wildman–Crippen MR) is 226 cm³/mol. The Kier molecular flexibility index (Phi) is 8.79. The lowest BCUT2D eigenvalue weighted by Crippen LogP contribution is -2.07. The largest absolute Gasteiger partial charge is 0.506 e. The van der Waals surface area contributed by atoms with Crippen molar-refractivity contribution in [3.63, 3.8) is 0 Å². The minimum Gasteiger partial charge on any atom is -0.506 e. The highest BCUT2D eigenvalue weighted by atomic mass is 35.5. The monoisotopic (exact) mass is 812 g/mol. The summed E-state index contributed by atoms with van der Waals surface area (Å²) < 4.78 is 0. The molecule has 0 unspecified atom stereocenters. The van der Waals surface area contributed by atoms with Gasteiger partial charge < -0.3 is 20.4 Å². The number of halogens is 4. The highest BCUT2D eigenvalue weighted by molar-refractivity contribution is 6.50. The Morgan fingerprint density at radius 2 is 0.839 bits per heavy atom. The van der Waals surface area contributed by atoms with Crippen LogP contribution in [-0.4, -0.2) is 43.3 Å². The Bertz CT molecular complexity index is 2880. The second-order valence-corrected chi connectivity index (χ2v) is 14.7. The standard InChI is InChI=1S/C44H24Cl4N4O4/c45-31-9-1-21(13-36(31)53)30-19-29-18-27-6-5-25(49-27)17-26-7-8-28(50-26)20-35-40(22-2-10-32(46)37(54)14-22)41(23-3-11-33(47)38(55)15-23)44(52-35)42(43(30)51-29)24-4-12-34(48)39(56)16-24/h1-20,53-56H. The van der Waals surface area contributed by atoms with Crippen LogP contribution in [0, 0.1) is 0 Å². The average molecular weight is 815 g/mol. The van der Waals surface area contributed by atoms with Crippen molar-refractivity contribution in [3.8, 4) is 23.0 Å². The van der Waals surface area contributed by atoms with Crippen molar-refractivity contribution in [2.45, 2.75) is 0 Å². The summed E-state index contributed by atoms with van der Waals surface area (Å²) >= 11 is 25.3. The van der Waals surface area contributed by atoms with Gasteiger partial charge in [-0.05, 0) is 119 Å². The molecule has 5 aliphatic heterocycles. The van der Waals surface area contributed by atoms with Crippen LogP contribution in [0.3, 0.4) is 0 Å². The van der Waals surface area contributed by atoms with E-state index in [4.69, 9.17) is 66.4 Å². The highest BCUT2D eigenvalue weighted by Gasteiger charge is 2.34. The van der Waals surface area contributed by atoms with Gasteiger partial charge >= 0.3 is 0 Å². The van der Waals surface area contributed by atoms with Crippen molar-refractivity contribution >= 4 is 91.5 Å². The zero-order chi connectivity index (χ0) is 38.8. The Balaban J connectivity index is 1.46. The van der Waals surface area contributed by atoms with E-state index < -0.39 is 0 Å². The number of allylic oxidation sites excluding steroid dienone is 12. The van der Waals surface area contributed by atoms with E-state index in [0.717, 1.165) is 0 Å². The summed E-state index contributed by atoms with van der Waals surface area (Å²) in [6.45, 7) is 0. The molecule has 0 saturated carbocycles. The summed E-state index contributed by atoms with van der Waals surface area (Å²) in [7, 11) is 0. The van der Waals surface area contributed by atoms with E-state index in [9.17, 15) is 20.4 Å². The minimum absolute atomic E-state index is 0.129. The third kappa shape index (κ3) is 6.42. The van der Waals surface area contributed by atoms with Crippen LogP contribution >= 0.6 is 46.4 Å². The van der Waals surface area contributed by atoms with Crippen LogP contribution < -0.4 is 0 Å². The second-order valence-electron chi connectivity index (χ2n) is 13.1. The van der Waals surface area contributed by atoms with Crippen molar-refractivity contribution in [2.24, 2.45) is 20.0 Å². The van der Waals surface area contributed by atoms with E-state index >= 15 is 0 Å². The van der Waals surface area contributed by atoms with E-state index in [-0.39, 0.29) is 43.1 Å². The molecule has 8 nitrogen and oxygen atoms in total. The van der Waals surface area contributed by atoms with Gasteiger partial charge in [0.05, 0.1) is 65.7 Å². The van der Waals surface area contributed by atoms with Crippen molar-refractivity contribution in [1.82, 2.24) is 0 Å². The van der Waals surface area contributed by atoms with Gasteiger partial charge in [-0.2, -0.15) is 0 Å². The summed E-state index contributed by atoms with van der Waals surface area (Å²) in [6.07, 6.45) is 14.9. The first kappa shape index (κ1) is 35.5. The van der Waals surface area contributed by atoms with Gasteiger partial charge in [0, 0.05) is 22.3 Å². The smallest absolute Gasteiger partial charge is 0.134 e. The normalized spacial score (nSPS) is 17.1. The summed E-state index contributed by atoms with van der Waals surface area (Å²) in [5.74, 6) is -0.634. The molecule has 4 aromatic carbocycles. The molecule has 12 heteroatoms. The molecule has 5 heterocycles. The summed E-state index contributed by atoms with van der Waals surface area (Å²) in [4.78, 5) is 20.2. The van der Waals surface area contributed by atoms with E-state index in [1.54, 1.807) is 60.7 Å². The molecule has 56 heavy (non-hydrogen) atoms. The van der Waals surface area contributed by atoms with Crippen LogP contribution in [0.25, 0.3) is 22.3 Å². The topological polar surface area (TPSA) is 130 Å². The molecule has 0 spiro atoms. The van der Waals surface area contributed by atoms with Crippen LogP contribution in [0.15, 0.2) is 164 Å². The average Bonchev–Trinajstić information content (AvgIpc) is 3.98. The molecular weight excluding hydrogens is 790 g/mol. The van der Waals surface area contributed by atoms with Gasteiger partial charge in [0.25, 0.3) is 0 Å². The van der Waals surface area contributed by atoms with Gasteiger partial charge in [-0.15, -0.1) is 0 Å². The molecule has 4 aromatic rings. The van der Waals surface area contributed by atoms with Crippen molar-refractivity contribution in [3.05, 3.63) is 187 Å². The zero-order valence-electron chi connectivity index (χ0n) is 28.6. The van der Waals surface area contributed by atoms with Gasteiger partial charge in [0.2, 0.25) is 0 Å². The number of hydrogen-bond donors (Lipinski definition) is 4. The van der Waals surface area contributed by atoms with E-state index in [0.29, 0.717) is 90.2 Å². The Hall–Kier alpha value is -6.16. The molecular formula is C44H24Cl4N4O4. The molecule has 0 aliphatic carbocycles. The van der Waals surface area contributed by atoms with Gasteiger partial charge in [0.15, 0.2) is 0 Å². The molecule has 4 N–H and O–H groups in total. The number of phenols is 4. The first-order valence-corrected chi connectivity index (χ1v) is 18.5. The fourth-order valence-electron chi connectivity index (χ4n) is 6.88. The first-order valence-electron chi connectivity index (χ1n) is 17.0. The van der Waals surface area contributed by atoms with E-state index in [2.05, 4.69) is 0 Å². The fraction of sp³-hybridized carbons (Fsp3) is 0. The van der Waals surface area contributed by atoms with Crippen molar-refractivity contribution in [2.75, 3.05) is 0 Å². The van der Waals surface area contributed by atoms with Gasteiger partial charge in [-0.3, -0.25) is 0 Å². The Labute approximate surface area is 339 Å². The number of aromatic hydroxyl groups is 4. The number of fused-ring (bicyclic) bond motifs is 4. The molecule has 0 radical (unpaired) electrons. The van der Waals surface area contributed by atoms with Crippen LogP contribution in [0.5, 0.6) is 23.0 Å². The molecule has 0 aromatic heterocycles. The van der Waals surface area contributed by atoms with Crippen LogP contribution in [-0.2, 0) is 0 Å². The van der Waals surface area contributed by atoms with Gasteiger partial charge in [-0.25, -0.2) is 20.0 Å². The Morgan fingerprint density at radius 1 is 0.393 bits per heavy atom.